The molecule has 0 spiro atoms. The molecule has 0 amide bonds. The molecule has 33 heavy (non-hydrogen) atoms. The van der Waals surface area contributed by atoms with Gasteiger partial charge >= 0.3 is 0 Å². The minimum atomic E-state index is 0.390. The zero-order valence-corrected chi connectivity index (χ0v) is 19.4. The Hall–Kier alpha value is -3.55. The number of pyridine rings is 2. The van der Waals surface area contributed by atoms with Gasteiger partial charge in [0.15, 0.2) is 11.6 Å². The van der Waals surface area contributed by atoms with Crippen molar-refractivity contribution in [1.29, 1.82) is 0 Å². The largest absolute Gasteiger partial charge is 0.382 e. The molecule has 0 aliphatic heterocycles. The van der Waals surface area contributed by atoms with Crippen molar-refractivity contribution in [3.05, 3.63) is 48.2 Å². The third-order valence-electron chi connectivity index (χ3n) is 6.40. The molecule has 1 aliphatic rings. The lowest BCUT2D eigenvalue weighted by Gasteiger charge is -2.17. The maximum absolute atomic E-state index is 6.21. The molecule has 0 saturated heterocycles. The van der Waals surface area contributed by atoms with Crippen LogP contribution in [0.3, 0.4) is 0 Å². The predicted octanol–water partition coefficient (Wildman–Crippen LogP) is 4.90. The topological polar surface area (TPSA) is 107 Å². The van der Waals surface area contributed by atoms with Gasteiger partial charge < -0.3 is 11.1 Å². The molecule has 0 atom stereocenters. The van der Waals surface area contributed by atoms with Gasteiger partial charge in [-0.3, -0.25) is 0 Å². The van der Waals surface area contributed by atoms with Crippen LogP contribution in [0.5, 0.6) is 0 Å². The van der Waals surface area contributed by atoms with Crippen LogP contribution in [0, 0.1) is 0 Å². The molecule has 0 aromatic carbocycles. The fourth-order valence-electron chi connectivity index (χ4n) is 4.39. The first-order chi connectivity index (χ1) is 16.0. The highest BCUT2D eigenvalue weighted by atomic mass is 15.3. The van der Waals surface area contributed by atoms with E-state index in [-0.39, 0.29) is 0 Å². The molecule has 3 N–H and O–H groups in total. The molecular weight excluding hydrogens is 412 g/mol. The van der Waals surface area contributed by atoms with Crippen LogP contribution >= 0.6 is 0 Å². The Bertz CT molecular complexity index is 1270. The summed E-state index contributed by atoms with van der Waals surface area (Å²) < 4.78 is 1.77. The molecule has 4 aromatic heterocycles. The normalized spacial score (nSPS) is 14.4. The number of hydrogen-bond acceptors (Lipinski definition) is 7. The molecule has 8 heteroatoms. The summed E-state index contributed by atoms with van der Waals surface area (Å²) in [5.41, 5.74) is 11.5. The first-order valence-electron chi connectivity index (χ1n) is 11.8. The number of rotatable bonds is 6. The number of anilines is 2. The van der Waals surface area contributed by atoms with Gasteiger partial charge in [-0.05, 0) is 36.8 Å². The van der Waals surface area contributed by atoms with Gasteiger partial charge in [-0.15, -0.1) is 0 Å². The Morgan fingerprint density at radius 2 is 1.88 bits per heavy atom. The molecule has 0 unspecified atom stereocenters. The molecule has 4 heterocycles. The zero-order valence-electron chi connectivity index (χ0n) is 19.4. The van der Waals surface area contributed by atoms with Gasteiger partial charge in [0.1, 0.15) is 16.9 Å². The van der Waals surface area contributed by atoms with Crippen LogP contribution in [0.4, 0.5) is 11.6 Å². The highest BCUT2D eigenvalue weighted by molar-refractivity contribution is 5.96. The van der Waals surface area contributed by atoms with Gasteiger partial charge in [0.2, 0.25) is 0 Å². The smallest absolute Gasteiger partial charge is 0.153 e. The second kappa shape index (κ2) is 8.77. The average Bonchev–Trinajstić information content (AvgIpc) is 3.52. The zero-order chi connectivity index (χ0) is 22.9. The van der Waals surface area contributed by atoms with Crippen LogP contribution in [0.15, 0.2) is 36.9 Å². The third-order valence-corrected chi connectivity index (χ3v) is 6.40. The maximum Gasteiger partial charge on any atom is 0.153 e. The molecule has 5 rings (SSSR count). The van der Waals surface area contributed by atoms with E-state index in [4.69, 9.17) is 15.7 Å². The maximum atomic E-state index is 6.21. The summed E-state index contributed by atoms with van der Waals surface area (Å²) in [6.07, 6.45) is 13.0. The first-order valence-corrected chi connectivity index (χ1v) is 11.8. The number of fused-ring (bicyclic) bond motifs is 1. The van der Waals surface area contributed by atoms with Gasteiger partial charge in [-0.25, -0.2) is 24.6 Å². The van der Waals surface area contributed by atoms with Crippen molar-refractivity contribution < 1.29 is 0 Å². The minimum absolute atomic E-state index is 0.390. The summed E-state index contributed by atoms with van der Waals surface area (Å²) in [5, 5.41) is 8.17. The van der Waals surface area contributed by atoms with Crippen molar-refractivity contribution in [1.82, 2.24) is 29.7 Å². The van der Waals surface area contributed by atoms with Crippen LogP contribution in [0.25, 0.3) is 28.0 Å². The van der Waals surface area contributed by atoms with E-state index in [2.05, 4.69) is 47.2 Å². The monoisotopic (exact) mass is 442 g/mol. The summed E-state index contributed by atoms with van der Waals surface area (Å²) in [7, 11) is 0. The van der Waals surface area contributed by atoms with Crippen LogP contribution in [-0.2, 0) is 6.42 Å². The Morgan fingerprint density at radius 1 is 1.06 bits per heavy atom. The molecule has 0 radical (unpaired) electrons. The lowest BCUT2D eigenvalue weighted by Crippen LogP contribution is -2.18. The summed E-state index contributed by atoms with van der Waals surface area (Å²) in [4.78, 5) is 18.9. The van der Waals surface area contributed by atoms with Crippen molar-refractivity contribution in [2.24, 2.45) is 0 Å². The van der Waals surface area contributed by atoms with Crippen LogP contribution in [0.1, 0.15) is 63.6 Å². The Morgan fingerprint density at radius 3 is 2.58 bits per heavy atom. The number of aryl methyl sites for hydroxylation is 1. The number of aromatic nitrogens is 6. The molecule has 1 aliphatic carbocycles. The summed E-state index contributed by atoms with van der Waals surface area (Å²) in [6.45, 7) is 6.40. The van der Waals surface area contributed by atoms with E-state index in [0.717, 1.165) is 40.4 Å². The Balaban J connectivity index is 1.56. The van der Waals surface area contributed by atoms with Crippen LogP contribution < -0.4 is 11.1 Å². The fourth-order valence-corrected chi connectivity index (χ4v) is 4.39. The summed E-state index contributed by atoms with van der Waals surface area (Å²) >= 11 is 0. The Labute approximate surface area is 193 Å². The lowest BCUT2D eigenvalue weighted by atomic mass is 10.1. The molecule has 170 valence electrons. The number of nitrogens with two attached hydrogens (primary N) is 1. The molecule has 1 fully saturated rings. The first kappa shape index (κ1) is 21.3. The van der Waals surface area contributed by atoms with Gasteiger partial charge in [0.25, 0.3) is 0 Å². The van der Waals surface area contributed by atoms with E-state index < -0.39 is 0 Å². The van der Waals surface area contributed by atoms with Crippen molar-refractivity contribution in [2.75, 3.05) is 11.1 Å². The predicted molar refractivity (Wildman–Crippen MR) is 131 cm³/mol. The number of nitrogens with zero attached hydrogens (tertiary/aromatic N) is 6. The second-order valence-corrected chi connectivity index (χ2v) is 9.03. The van der Waals surface area contributed by atoms with E-state index in [1.165, 1.54) is 31.2 Å². The van der Waals surface area contributed by atoms with Gasteiger partial charge in [-0.2, -0.15) is 5.10 Å². The lowest BCUT2D eigenvalue weighted by molar-refractivity contribution is 0.747. The SMILES string of the molecule is CCc1nc2c(N)ncc(-c3cnn(-c4ccc(C(C)C)cn4)c3)c2nc1NC1CCCC1. The van der Waals surface area contributed by atoms with Gasteiger partial charge in [-0.1, -0.05) is 39.7 Å². The highest BCUT2D eigenvalue weighted by Crippen LogP contribution is 2.32. The average molecular weight is 443 g/mol. The van der Waals surface area contributed by atoms with Crippen molar-refractivity contribution in [2.45, 2.75) is 64.8 Å². The van der Waals surface area contributed by atoms with E-state index in [1.807, 2.05) is 24.7 Å². The van der Waals surface area contributed by atoms with Crippen molar-refractivity contribution in [3.63, 3.8) is 0 Å². The second-order valence-electron chi connectivity index (χ2n) is 9.03. The Kier molecular flexibility index (Phi) is 5.66. The molecule has 1 saturated carbocycles. The molecule has 0 bridgehead atoms. The van der Waals surface area contributed by atoms with Crippen molar-refractivity contribution in [3.8, 4) is 16.9 Å². The number of nitrogen functional groups attached to an aromatic ring is 1. The fraction of sp³-hybridized carbons (Fsp3) is 0.400. The van der Waals surface area contributed by atoms with Crippen molar-refractivity contribution >= 4 is 22.7 Å². The van der Waals surface area contributed by atoms with E-state index in [9.17, 15) is 0 Å². The summed E-state index contributed by atoms with van der Waals surface area (Å²) in [6, 6.07) is 4.53. The standard InChI is InChI=1S/C25H30N8/c1-4-20-25(30-18-7-5-6-8-18)32-22-19(13-28-24(26)23(22)31-20)17-12-29-33(14-17)21-10-9-16(11-27-21)15(2)3/h9-15,18H,4-8H2,1-3H3,(H2,26,28)(H,30,32). The van der Waals surface area contributed by atoms with E-state index in [0.29, 0.717) is 23.3 Å². The third kappa shape index (κ3) is 4.13. The van der Waals surface area contributed by atoms with Gasteiger partial charge in [0.05, 0.1) is 11.9 Å². The van der Waals surface area contributed by atoms with E-state index >= 15 is 0 Å². The quantitative estimate of drug-likeness (QED) is 0.437. The molecule has 8 nitrogen and oxygen atoms in total. The number of hydrogen-bond donors (Lipinski definition) is 2. The van der Waals surface area contributed by atoms with Gasteiger partial charge in [0, 0.05) is 35.8 Å². The van der Waals surface area contributed by atoms with E-state index in [1.54, 1.807) is 10.9 Å². The van der Waals surface area contributed by atoms with Crippen LogP contribution in [0.2, 0.25) is 0 Å². The summed E-state index contributed by atoms with van der Waals surface area (Å²) in [5.74, 6) is 2.44. The number of nitrogens with one attached hydrogen (secondary N) is 1. The van der Waals surface area contributed by atoms with Crippen LogP contribution in [-0.4, -0.2) is 35.8 Å². The molecule has 4 aromatic rings. The minimum Gasteiger partial charge on any atom is -0.382 e. The highest BCUT2D eigenvalue weighted by Gasteiger charge is 2.20. The molecular formula is C25H30N8.